The molecule has 1 aliphatic heterocycles. The number of benzene rings is 1. The molecular weight excluding hydrogens is 221 g/mol. The molecule has 0 amide bonds. The van der Waals surface area contributed by atoms with Crippen LogP contribution >= 0.6 is 0 Å². The molecule has 0 aliphatic carbocycles. The highest BCUT2D eigenvalue weighted by atomic mass is 19.1. The largest absolute Gasteiger partial charge is 0.481 e. The quantitative estimate of drug-likeness (QED) is 0.875. The van der Waals surface area contributed by atoms with E-state index in [1.54, 1.807) is 12.1 Å². The summed E-state index contributed by atoms with van der Waals surface area (Å²) in [6, 6.07) is 6.40. The van der Waals surface area contributed by atoms with Gasteiger partial charge in [-0.2, -0.15) is 0 Å². The normalized spacial score (nSPS) is 25.1. The van der Waals surface area contributed by atoms with E-state index in [2.05, 4.69) is 4.90 Å². The summed E-state index contributed by atoms with van der Waals surface area (Å²) in [4.78, 5) is 13.1. The maximum Gasteiger partial charge on any atom is 0.308 e. The molecule has 17 heavy (non-hydrogen) atoms. The van der Waals surface area contributed by atoms with Gasteiger partial charge in [-0.05, 0) is 37.6 Å². The first kappa shape index (κ1) is 12.0. The second-order valence-corrected chi connectivity index (χ2v) is 4.57. The minimum absolute atomic E-state index is 0.0394. The number of hydrogen-bond acceptors (Lipinski definition) is 2. The number of carboxylic acid groups (broad SMARTS) is 1. The van der Waals surface area contributed by atoms with Crippen molar-refractivity contribution in [1.29, 1.82) is 0 Å². The number of likely N-dealkylation sites (tertiary alicyclic amines) is 1. The second kappa shape index (κ2) is 4.84. The van der Waals surface area contributed by atoms with E-state index >= 15 is 0 Å². The number of rotatable bonds is 3. The molecule has 1 aliphatic rings. The van der Waals surface area contributed by atoms with Gasteiger partial charge in [-0.25, -0.2) is 4.39 Å². The molecule has 0 spiro atoms. The predicted octanol–water partition coefficient (Wildman–Crippen LogP) is 2.12. The van der Waals surface area contributed by atoms with Gasteiger partial charge >= 0.3 is 5.97 Å². The Morgan fingerprint density at radius 2 is 2.12 bits per heavy atom. The van der Waals surface area contributed by atoms with Crippen molar-refractivity contribution in [1.82, 2.24) is 4.90 Å². The number of hydrogen-bond donors (Lipinski definition) is 1. The lowest BCUT2D eigenvalue weighted by molar-refractivity contribution is -0.142. The van der Waals surface area contributed by atoms with Crippen LogP contribution in [-0.2, 0) is 11.3 Å². The number of carboxylic acids is 1. The van der Waals surface area contributed by atoms with Crippen LogP contribution in [0.2, 0.25) is 0 Å². The molecule has 2 rings (SSSR count). The Kier molecular flexibility index (Phi) is 3.43. The Morgan fingerprint density at radius 3 is 2.65 bits per heavy atom. The average molecular weight is 237 g/mol. The molecule has 1 aromatic carbocycles. The van der Waals surface area contributed by atoms with E-state index in [4.69, 9.17) is 5.11 Å². The Balaban J connectivity index is 2.01. The predicted molar refractivity (Wildman–Crippen MR) is 62.0 cm³/mol. The van der Waals surface area contributed by atoms with Gasteiger partial charge in [-0.1, -0.05) is 12.1 Å². The van der Waals surface area contributed by atoms with E-state index in [-0.39, 0.29) is 17.8 Å². The van der Waals surface area contributed by atoms with E-state index in [1.165, 1.54) is 12.1 Å². The molecule has 1 aromatic rings. The van der Waals surface area contributed by atoms with Crippen molar-refractivity contribution in [3.63, 3.8) is 0 Å². The highest BCUT2D eigenvalue weighted by Crippen LogP contribution is 2.25. The van der Waals surface area contributed by atoms with Crippen LogP contribution in [0.5, 0.6) is 0 Å². The summed E-state index contributed by atoms with van der Waals surface area (Å²) in [6.45, 7) is 3.41. The minimum atomic E-state index is -0.723. The van der Waals surface area contributed by atoms with E-state index in [9.17, 15) is 9.18 Å². The van der Waals surface area contributed by atoms with Gasteiger partial charge in [-0.3, -0.25) is 9.69 Å². The van der Waals surface area contributed by atoms with Gasteiger partial charge in [0, 0.05) is 12.6 Å². The summed E-state index contributed by atoms with van der Waals surface area (Å²) >= 11 is 0. The lowest BCUT2D eigenvalue weighted by atomic mass is 10.0. The molecule has 1 N–H and O–H groups in total. The molecule has 0 bridgehead atoms. The molecule has 2 atom stereocenters. The molecule has 92 valence electrons. The molecule has 0 aromatic heterocycles. The van der Waals surface area contributed by atoms with Crippen LogP contribution in [-0.4, -0.2) is 28.6 Å². The molecule has 0 saturated carbocycles. The van der Waals surface area contributed by atoms with E-state index in [1.807, 2.05) is 6.92 Å². The summed E-state index contributed by atoms with van der Waals surface area (Å²) in [5.41, 5.74) is 1.02. The van der Waals surface area contributed by atoms with Gasteiger partial charge in [0.15, 0.2) is 0 Å². The van der Waals surface area contributed by atoms with Crippen LogP contribution in [0.15, 0.2) is 24.3 Å². The first-order chi connectivity index (χ1) is 8.08. The average Bonchev–Trinajstić information content (AvgIpc) is 2.64. The molecule has 1 saturated heterocycles. The fourth-order valence-corrected chi connectivity index (χ4v) is 2.38. The zero-order valence-electron chi connectivity index (χ0n) is 9.77. The summed E-state index contributed by atoms with van der Waals surface area (Å²) in [5.74, 6) is -1.25. The van der Waals surface area contributed by atoms with E-state index in [0.717, 1.165) is 12.1 Å². The zero-order valence-corrected chi connectivity index (χ0v) is 9.77. The highest BCUT2D eigenvalue weighted by molar-refractivity contribution is 5.71. The third-order valence-corrected chi connectivity index (χ3v) is 3.50. The Hall–Kier alpha value is -1.42. The van der Waals surface area contributed by atoms with Gasteiger partial charge in [0.2, 0.25) is 0 Å². The Morgan fingerprint density at radius 1 is 1.47 bits per heavy atom. The van der Waals surface area contributed by atoms with Crippen molar-refractivity contribution in [3.8, 4) is 0 Å². The molecule has 0 radical (unpaired) electrons. The smallest absolute Gasteiger partial charge is 0.308 e. The van der Waals surface area contributed by atoms with Crippen LogP contribution in [0.4, 0.5) is 4.39 Å². The van der Waals surface area contributed by atoms with Crippen molar-refractivity contribution in [3.05, 3.63) is 35.6 Å². The lowest BCUT2D eigenvalue weighted by Crippen LogP contribution is -2.32. The van der Waals surface area contributed by atoms with Crippen molar-refractivity contribution < 1.29 is 14.3 Å². The maximum absolute atomic E-state index is 12.8. The van der Waals surface area contributed by atoms with Gasteiger partial charge in [0.05, 0.1) is 5.92 Å². The van der Waals surface area contributed by atoms with Crippen LogP contribution in [0, 0.1) is 11.7 Å². The first-order valence-corrected chi connectivity index (χ1v) is 5.79. The number of halogens is 1. The number of carbonyl (C=O) groups is 1. The molecule has 1 heterocycles. The second-order valence-electron chi connectivity index (χ2n) is 4.57. The van der Waals surface area contributed by atoms with Gasteiger partial charge in [0.25, 0.3) is 0 Å². The van der Waals surface area contributed by atoms with Gasteiger partial charge in [-0.15, -0.1) is 0 Å². The van der Waals surface area contributed by atoms with Crippen molar-refractivity contribution >= 4 is 5.97 Å². The highest BCUT2D eigenvalue weighted by Gasteiger charge is 2.35. The van der Waals surface area contributed by atoms with Crippen molar-refractivity contribution in [2.24, 2.45) is 5.92 Å². The maximum atomic E-state index is 12.8. The molecule has 3 nitrogen and oxygen atoms in total. The summed E-state index contributed by atoms with van der Waals surface area (Å²) in [7, 11) is 0. The van der Waals surface area contributed by atoms with Crippen LogP contribution in [0.1, 0.15) is 18.9 Å². The van der Waals surface area contributed by atoms with Crippen LogP contribution in [0.3, 0.4) is 0 Å². The third kappa shape index (κ3) is 2.64. The number of nitrogens with zero attached hydrogens (tertiary/aromatic N) is 1. The Labute approximate surface area is 99.9 Å². The molecule has 2 unspecified atom stereocenters. The molecule has 1 fully saturated rings. The van der Waals surface area contributed by atoms with Gasteiger partial charge < -0.3 is 5.11 Å². The fourth-order valence-electron chi connectivity index (χ4n) is 2.38. The monoisotopic (exact) mass is 237 g/mol. The van der Waals surface area contributed by atoms with Crippen molar-refractivity contribution in [2.75, 3.05) is 6.54 Å². The van der Waals surface area contributed by atoms with E-state index in [0.29, 0.717) is 13.0 Å². The van der Waals surface area contributed by atoms with Gasteiger partial charge in [0.1, 0.15) is 5.82 Å². The lowest BCUT2D eigenvalue weighted by Gasteiger charge is -2.22. The van der Waals surface area contributed by atoms with Crippen molar-refractivity contribution in [2.45, 2.75) is 25.9 Å². The molecule has 4 heteroatoms. The topological polar surface area (TPSA) is 40.5 Å². The summed E-state index contributed by atoms with van der Waals surface area (Å²) in [5, 5.41) is 9.03. The molecular formula is C13H16FNO2. The first-order valence-electron chi connectivity index (χ1n) is 5.79. The SMILES string of the molecule is CC1C(C(=O)O)CCN1Cc1ccc(F)cc1. The zero-order chi connectivity index (χ0) is 12.4. The number of aliphatic carboxylic acids is 1. The van der Waals surface area contributed by atoms with E-state index < -0.39 is 5.97 Å². The summed E-state index contributed by atoms with van der Waals surface area (Å²) < 4.78 is 12.8. The fraction of sp³-hybridized carbons (Fsp3) is 0.462. The third-order valence-electron chi connectivity index (χ3n) is 3.50. The summed E-state index contributed by atoms with van der Waals surface area (Å²) in [6.07, 6.45) is 0.692. The Bertz CT molecular complexity index is 404. The standard InChI is InChI=1S/C13H16FNO2/c1-9-12(13(16)17)6-7-15(9)8-10-2-4-11(14)5-3-10/h2-5,9,12H,6-8H2,1H3,(H,16,17). The minimum Gasteiger partial charge on any atom is -0.481 e. The van der Waals surface area contributed by atoms with Crippen LogP contribution in [0.25, 0.3) is 0 Å². The van der Waals surface area contributed by atoms with Crippen LogP contribution < -0.4 is 0 Å².